The van der Waals surface area contributed by atoms with E-state index in [2.05, 4.69) is 9.97 Å². The van der Waals surface area contributed by atoms with Crippen LogP contribution in [0.4, 0.5) is 4.39 Å². The molecule has 0 saturated heterocycles. The maximum Gasteiger partial charge on any atom is 0.293 e. The van der Waals surface area contributed by atoms with Crippen molar-refractivity contribution >= 4 is 11.6 Å². The summed E-state index contributed by atoms with van der Waals surface area (Å²) in [7, 11) is 1.35. The molecule has 2 rings (SSSR count). The summed E-state index contributed by atoms with van der Waals surface area (Å²) in [5.41, 5.74) is 0.301. The number of aromatic nitrogens is 2. The van der Waals surface area contributed by atoms with Crippen molar-refractivity contribution in [2.75, 3.05) is 7.11 Å². The quantitative estimate of drug-likeness (QED) is 0.894. The van der Waals surface area contributed by atoms with Crippen LogP contribution in [0.3, 0.4) is 0 Å². The number of hydrogen-bond donors (Lipinski definition) is 1. The van der Waals surface area contributed by atoms with Gasteiger partial charge in [0.1, 0.15) is 11.5 Å². The highest BCUT2D eigenvalue weighted by atomic mass is 35.5. The minimum Gasteiger partial charge on any atom is -0.490 e. The van der Waals surface area contributed by atoms with E-state index in [1.165, 1.54) is 25.6 Å². The molecule has 0 amide bonds. The third-order valence-corrected chi connectivity index (χ3v) is 2.51. The first-order valence-electron chi connectivity index (χ1n) is 4.70. The number of nitrogens with zero attached hydrogens (tertiary/aromatic N) is 1. The fourth-order valence-corrected chi connectivity index (χ4v) is 1.71. The first-order valence-corrected chi connectivity index (χ1v) is 5.08. The van der Waals surface area contributed by atoms with Crippen LogP contribution >= 0.6 is 11.6 Å². The second kappa shape index (κ2) is 4.55. The van der Waals surface area contributed by atoms with Gasteiger partial charge < -0.3 is 9.72 Å². The number of nitrogens with one attached hydrogen (secondary N) is 1. The maximum absolute atomic E-state index is 12.9. The van der Waals surface area contributed by atoms with Crippen molar-refractivity contribution in [3.8, 4) is 17.0 Å². The lowest BCUT2D eigenvalue weighted by molar-refractivity contribution is 0.408. The van der Waals surface area contributed by atoms with Gasteiger partial charge in [-0.3, -0.25) is 4.79 Å². The summed E-state index contributed by atoms with van der Waals surface area (Å²) in [5, 5.41) is 0.168. The van der Waals surface area contributed by atoms with Gasteiger partial charge in [-0.1, -0.05) is 11.6 Å². The molecule has 0 fully saturated rings. The van der Waals surface area contributed by atoms with E-state index in [4.69, 9.17) is 16.3 Å². The van der Waals surface area contributed by atoms with Crippen LogP contribution in [0, 0.1) is 5.82 Å². The molecule has 2 aromatic rings. The molecular formula is C11H8ClFN2O2. The highest BCUT2D eigenvalue weighted by Crippen LogP contribution is 2.30. The molecular weight excluding hydrogens is 247 g/mol. The Bertz CT molecular complexity index is 613. The first-order chi connectivity index (χ1) is 8.13. The van der Waals surface area contributed by atoms with E-state index in [9.17, 15) is 9.18 Å². The molecule has 0 unspecified atom stereocenters. The van der Waals surface area contributed by atoms with Gasteiger partial charge in [-0.25, -0.2) is 9.37 Å². The Morgan fingerprint density at radius 1 is 1.47 bits per heavy atom. The molecule has 0 aliphatic heterocycles. The van der Waals surface area contributed by atoms with E-state index in [1.54, 1.807) is 0 Å². The number of methoxy groups -OCH3 is 1. The standard InChI is InChI=1S/C11H8ClFN2O2/c1-17-10-9(14-5-15-11(10)16)7-3-2-6(13)4-8(7)12/h2-5H,1H3,(H,14,15,16). The summed E-state index contributed by atoms with van der Waals surface area (Å²) >= 11 is 5.90. The zero-order valence-corrected chi connectivity index (χ0v) is 9.58. The van der Waals surface area contributed by atoms with Gasteiger partial charge in [0.05, 0.1) is 18.5 Å². The lowest BCUT2D eigenvalue weighted by Crippen LogP contribution is -2.11. The van der Waals surface area contributed by atoms with Crippen LogP contribution in [-0.2, 0) is 0 Å². The van der Waals surface area contributed by atoms with Crippen molar-refractivity contribution in [3.05, 3.63) is 45.7 Å². The van der Waals surface area contributed by atoms with Gasteiger partial charge in [0.15, 0.2) is 0 Å². The molecule has 0 atom stereocenters. The summed E-state index contributed by atoms with van der Waals surface area (Å²) < 4.78 is 17.9. The van der Waals surface area contributed by atoms with Crippen molar-refractivity contribution in [2.45, 2.75) is 0 Å². The smallest absolute Gasteiger partial charge is 0.293 e. The first kappa shape index (κ1) is 11.6. The molecule has 4 nitrogen and oxygen atoms in total. The summed E-state index contributed by atoms with van der Waals surface area (Å²) in [6, 6.07) is 3.84. The molecule has 17 heavy (non-hydrogen) atoms. The summed E-state index contributed by atoms with van der Waals surface area (Å²) in [6.07, 6.45) is 1.24. The molecule has 0 bridgehead atoms. The number of benzene rings is 1. The van der Waals surface area contributed by atoms with Crippen molar-refractivity contribution in [1.29, 1.82) is 0 Å². The number of rotatable bonds is 2. The third-order valence-electron chi connectivity index (χ3n) is 2.20. The fourth-order valence-electron chi connectivity index (χ4n) is 1.45. The van der Waals surface area contributed by atoms with Crippen molar-refractivity contribution < 1.29 is 9.13 Å². The Kier molecular flexibility index (Phi) is 3.10. The van der Waals surface area contributed by atoms with E-state index in [1.807, 2.05) is 0 Å². The minimum atomic E-state index is -0.456. The van der Waals surface area contributed by atoms with Gasteiger partial charge in [0, 0.05) is 5.56 Å². The Balaban J connectivity index is 2.68. The Labute approximate surface area is 101 Å². The van der Waals surface area contributed by atoms with Gasteiger partial charge in [-0.2, -0.15) is 0 Å². The zero-order valence-electron chi connectivity index (χ0n) is 8.83. The van der Waals surface area contributed by atoms with Crippen LogP contribution in [-0.4, -0.2) is 17.1 Å². The number of hydrogen-bond acceptors (Lipinski definition) is 3. The van der Waals surface area contributed by atoms with E-state index >= 15 is 0 Å². The average Bonchev–Trinajstić information content (AvgIpc) is 2.29. The Hall–Kier alpha value is -1.88. The van der Waals surface area contributed by atoms with E-state index < -0.39 is 11.4 Å². The highest BCUT2D eigenvalue weighted by Gasteiger charge is 2.14. The predicted octanol–water partition coefficient (Wildman–Crippen LogP) is 2.24. The molecule has 0 aliphatic rings. The molecule has 1 N–H and O–H groups in total. The summed E-state index contributed by atoms with van der Waals surface area (Å²) in [6.45, 7) is 0. The molecule has 88 valence electrons. The Morgan fingerprint density at radius 3 is 2.88 bits per heavy atom. The number of H-pyrrole nitrogens is 1. The monoisotopic (exact) mass is 254 g/mol. The maximum atomic E-state index is 12.9. The molecule has 6 heteroatoms. The van der Waals surface area contributed by atoms with Crippen LogP contribution in [0.1, 0.15) is 0 Å². The van der Waals surface area contributed by atoms with Crippen molar-refractivity contribution in [1.82, 2.24) is 9.97 Å². The molecule has 0 saturated carbocycles. The number of aromatic amines is 1. The summed E-state index contributed by atoms with van der Waals surface area (Å²) in [4.78, 5) is 17.9. The van der Waals surface area contributed by atoms with Crippen LogP contribution in [0.2, 0.25) is 5.02 Å². The average molecular weight is 255 g/mol. The SMILES string of the molecule is COc1c(-c2ccc(F)cc2Cl)nc[nH]c1=O. The molecule has 0 spiro atoms. The van der Waals surface area contributed by atoms with Gasteiger partial charge in [-0.05, 0) is 18.2 Å². The van der Waals surface area contributed by atoms with E-state index in [0.717, 1.165) is 6.07 Å². The normalized spacial score (nSPS) is 10.3. The van der Waals surface area contributed by atoms with Crippen LogP contribution in [0.25, 0.3) is 11.3 Å². The van der Waals surface area contributed by atoms with Gasteiger partial charge in [0.2, 0.25) is 5.75 Å². The molecule has 1 heterocycles. The fraction of sp³-hybridized carbons (Fsp3) is 0.0909. The minimum absolute atomic E-state index is 0.0426. The van der Waals surface area contributed by atoms with Crippen molar-refractivity contribution in [3.63, 3.8) is 0 Å². The van der Waals surface area contributed by atoms with Crippen LogP contribution in [0.15, 0.2) is 29.3 Å². The van der Waals surface area contributed by atoms with Crippen LogP contribution in [0.5, 0.6) is 5.75 Å². The lowest BCUT2D eigenvalue weighted by Gasteiger charge is -2.07. The van der Waals surface area contributed by atoms with Crippen LogP contribution < -0.4 is 10.3 Å². The van der Waals surface area contributed by atoms with E-state index in [-0.39, 0.29) is 16.5 Å². The number of halogens is 2. The van der Waals surface area contributed by atoms with Gasteiger partial charge in [0.25, 0.3) is 5.56 Å². The Morgan fingerprint density at radius 2 is 2.24 bits per heavy atom. The third kappa shape index (κ3) is 2.14. The predicted molar refractivity (Wildman–Crippen MR) is 61.8 cm³/mol. The topological polar surface area (TPSA) is 55.0 Å². The molecule has 0 radical (unpaired) electrons. The summed E-state index contributed by atoms with van der Waals surface area (Å²) in [5.74, 6) is -0.413. The second-order valence-electron chi connectivity index (χ2n) is 3.24. The molecule has 1 aromatic heterocycles. The van der Waals surface area contributed by atoms with Gasteiger partial charge >= 0.3 is 0 Å². The highest BCUT2D eigenvalue weighted by molar-refractivity contribution is 6.33. The largest absolute Gasteiger partial charge is 0.490 e. The van der Waals surface area contributed by atoms with E-state index in [0.29, 0.717) is 5.56 Å². The van der Waals surface area contributed by atoms with Crippen molar-refractivity contribution in [2.24, 2.45) is 0 Å². The van der Waals surface area contributed by atoms with Gasteiger partial charge in [-0.15, -0.1) is 0 Å². The molecule has 1 aromatic carbocycles. The zero-order chi connectivity index (χ0) is 12.4. The molecule has 0 aliphatic carbocycles. The lowest BCUT2D eigenvalue weighted by atomic mass is 10.1. The number of ether oxygens (including phenoxy) is 1. The second-order valence-corrected chi connectivity index (χ2v) is 3.64.